The van der Waals surface area contributed by atoms with Crippen LogP contribution in [0.15, 0.2) is 18.2 Å². The largest absolute Gasteiger partial charge is 0.383 e. The highest BCUT2D eigenvalue weighted by atomic mass is 16.5. The summed E-state index contributed by atoms with van der Waals surface area (Å²) >= 11 is 0. The molecule has 5 heteroatoms. The normalized spacial score (nSPS) is 12.5. The first-order valence-corrected chi connectivity index (χ1v) is 5.34. The highest BCUT2D eigenvalue weighted by Gasteiger charge is 2.15. The highest BCUT2D eigenvalue weighted by Crippen LogP contribution is 2.24. The van der Waals surface area contributed by atoms with E-state index in [4.69, 9.17) is 15.7 Å². The maximum Gasteiger partial charge on any atom is 0.201 e. The number of anilines is 1. The smallest absolute Gasteiger partial charge is 0.201 e. The molecule has 1 aromatic carbocycles. The van der Waals surface area contributed by atoms with E-state index >= 15 is 0 Å². The maximum atomic E-state index is 9.01. The SMILES string of the molecule is COCC(C)n1c(N)nc2c(C#N)cccc21. The average Bonchev–Trinajstić information content (AvgIpc) is 2.65. The minimum atomic E-state index is 0.0824. The quantitative estimate of drug-likeness (QED) is 0.870. The van der Waals surface area contributed by atoms with E-state index in [0.717, 1.165) is 5.52 Å². The summed E-state index contributed by atoms with van der Waals surface area (Å²) in [4.78, 5) is 4.25. The lowest BCUT2D eigenvalue weighted by Crippen LogP contribution is -2.13. The Balaban J connectivity index is 2.65. The number of hydrogen-bond acceptors (Lipinski definition) is 4. The van der Waals surface area contributed by atoms with Crippen molar-refractivity contribution in [3.05, 3.63) is 23.8 Å². The lowest BCUT2D eigenvalue weighted by molar-refractivity contribution is 0.164. The van der Waals surface area contributed by atoms with Gasteiger partial charge in [-0.05, 0) is 19.1 Å². The molecule has 2 N–H and O–H groups in total. The lowest BCUT2D eigenvalue weighted by atomic mass is 10.2. The standard InChI is InChI=1S/C12H14N4O/c1-8(7-17-2)16-10-5-3-4-9(6-13)11(10)15-12(16)14/h3-5,8H,7H2,1-2H3,(H2,14,15). The molecular weight excluding hydrogens is 216 g/mol. The van der Waals surface area contributed by atoms with Crippen LogP contribution in [0.25, 0.3) is 11.0 Å². The zero-order valence-electron chi connectivity index (χ0n) is 9.84. The van der Waals surface area contributed by atoms with Crippen LogP contribution < -0.4 is 5.73 Å². The van der Waals surface area contributed by atoms with E-state index in [9.17, 15) is 0 Å². The van der Waals surface area contributed by atoms with Crippen molar-refractivity contribution in [2.75, 3.05) is 19.5 Å². The Morgan fingerprint density at radius 2 is 2.35 bits per heavy atom. The van der Waals surface area contributed by atoms with Gasteiger partial charge in [0.05, 0.1) is 23.7 Å². The molecule has 2 aromatic rings. The Labute approximate surface area is 99.4 Å². The molecule has 5 nitrogen and oxygen atoms in total. The van der Waals surface area contributed by atoms with Crippen LogP contribution in [0.4, 0.5) is 5.95 Å². The van der Waals surface area contributed by atoms with Crippen LogP contribution in [0, 0.1) is 11.3 Å². The van der Waals surface area contributed by atoms with Crippen molar-refractivity contribution in [3.8, 4) is 6.07 Å². The zero-order chi connectivity index (χ0) is 12.4. The molecule has 88 valence electrons. The molecule has 0 radical (unpaired) electrons. The molecule has 0 saturated heterocycles. The molecule has 0 aliphatic heterocycles. The average molecular weight is 230 g/mol. The van der Waals surface area contributed by atoms with Gasteiger partial charge in [-0.15, -0.1) is 0 Å². The zero-order valence-corrected chi connectivity index (χ0v) is 9.84. The van der Waals surface area contributed by atoms with Gasteiger partial charge >= 0.3 is 0 Å². The summed E-state index contributed by atoms with van der Waals surface area (Å²) in [6, 6.07) is 7.68. The summed E-state index contributed by atoms with van der Waals surface area (Å²) in [5.74, 6) is 0.409. The fourth-order valence-corrected chi connectivity index (χ4v) is 2.00. The van der Waals surface area contributed by atoms with E-state index in [1.165, 1.54) is 0 Å². The molecule has 1 atom stereocenters. The van der Waals surface area contributed by atoms with Crippen molar-refractivity contribution >= 4 is 17.0 Å². The molecule has 0 aliphatic carbocycles. The number of rotatable bonds is 3. The van der Waals surface area contributed by atoms with Crippen LogP contribution in [0.5, 0.6) is 0 Å². The predicted octanol–water partition coefficient (Wildman–Crippen LogP) is 1.70. The van der Waals surface area contributed by atoms with Crippen molar-refractivity contribution in [1.29, 1.82) is 5.26 Å². The van der Waals surface area contributed by atoms with E-state index in [1.807, 2.05) is 23.6 Å². The second kappa shape index (κ2) is 4.44. The van der Waals surface area contributed by atoms with Crippen LogP contribution >= 0.6 is 0 Å². The van der Waals surface area contributed by atoms with E-state index in [-0.39, 0.29) is 6.04 Å². The van der Waals surface area contributed by atoms with Gasteiger partial charge in [-0.25, -0.2) is 4.98 Å². The number of nitriles is 1. The Bertz CT molecular complexity index is 582. The first kappa shape index (κ1) is 11.4. The number of methoxy groups -OCH3 is 1. The first-order chi connectivity index (χ1) is 8.19. The van der Waals surface area contributed by atoms with Gasteiger partial charge in [-0.1, -0.05) is 6.07 Å². The number of nitrogens with two attached hydrogens (primary N) is 1. The van der Waals surface area contributed by atoms with Crippen LogP contribution in [0.1, 0.15) is 18.5 Å². The molecule has 1 unspecified atom stereocenters. The number of para-hydroxylation sites is 1. The van der Waals surface area contributed by atoms with Gasteiger partial charge in [0.15, 0.2) is 0 Å². The molecule has 1 aromatic heterocycles. The summed E-state index contributed by atoms with van der Waals surface area (Å²) in [7, 11) is 1.65. The van der Waals surface area contributed by atoms with Crippen LogP contribution in [0.3, 0.4) is 0 Å². The highest BCUT2D eigenvalue weighted by molar-refractivity contribution is 5.84. The molecule has 2 rings (SSSR count). The Hall–Kier alpha value is -2.06. The maximum absolute atomic E-state index is 9.01. The fraction of sp³-hybridized carbons (Fsp3) is 0.333. The van der Waals surface area contributed by atoms with Crippen LogP contribution in [0.2, 0.25) is 0 Å². The molecule has 17 heavy (non-hydrogen) atoms. The first-order valence-electron chi connectivity index (χ1n) is 5.34. The van der Waals surface area contributed by atoms with Gasteiger partial charge in [0.1, 0.15) is 11.6 Å². The minimum absolute atomic E-state index is 0.0824. The van der Waals surface area contributed by atoms with Gasteiger partial charge in [-0.2, -0.15) is 5.26 Å². The molecule has 0 fully saturated rings. The van der Waals surface area contributed by atoms with Crippen LogP contribution in [-0.2, 0) is 4.74 Å². The topological polar surface area (TPSA) is 76.9 Å². The minimum Gasteiger partial charge on any atom is -0.383 e. The molecule has 0 saturated carbocycles. The van der Waals surface area contributed by atoms with Gasteiger partial charge in [0, 0.05) is 7.11 Å². The number of aromatic nitrogens is 2. The second-order valence-corrected chi connectivity index (χ2v) is 3.93. The summed E-state index contributed by atoms with van der Waals surface area (Å²) in [5, 5.41) is 9.01. The number of nitrogen functional groups attached to an aromatic ring is 1. The van der Waals surface area contributed by atoms with Crippen molar-refractivity contribution in [3.63, 3.8) is 0 Å². The monoisotopic (exact) mass is 230 g/mol. The lowest BCUT2D eigenvalue weighted by Gasteiger charge is -2.14. The van der Waals surface area contributed by atoms with Crippen molar-refractivity contribution in [2.45, 2.75) is 13.0 Å². The number of benzene rings is 1. The molecule has 0 aliphatic rings. The summed E-state index contributed by atoms with van der Waals surface area (Å²) < 4.78 is 7.01. The van der Waals surface area contributed by atoms with E-state index in [0.29, 0.717) is 23.6 Å². The van der Waals surface area contributed by atoms with Crippen molar-refractivity contribution in [1.82, 2.24) is 9.55 Å². The molecular formula is C12H14N4O. The number of fused-ring (bicyclic) bond motifs is 1. The summed E-state index contributed by atoms with van der Waals surface area (Å²) in [6.07, 6.45) is 0. The van der Waals surface area contributed by atoms with Gasteiger partial charge in [-0.3, -0.25) is 0 Å². The van der Waals surface area contributed by atoms with Crippen LogP contribution in [-0.4, -0.2) is 23.3 Å². The van der Waals surface area contributed by atoms with E-state index in [2.05, 4.69) is 11.1 Å². The molecule has 1 heterocycles. The third-order valence-corrected chi connectivity index (χ3v) is 2.72. The van der Waals surface area contributed by atoms with Crippen molar-refractivity contribution < 1.29 is 4.74 Å². The number of hydrogen-bond donors (Lipinski definition) is 1. The van der Waals surface area contributed by atoms with Crippen molar-refractivity contribution in [2.24, 2.45) is 0 Å². The summed E-state index contributed by atoms with van der Waals surface area (Å²) in [6.45, 7) is 2.55. The van der Waals surface area contributed by atoms with E-state index < -0.39 is 0 Å². The molecule has 0 bridgehead atoms. The number of nitrogens with zero attached hydrogens (tertiary/aromatic N) is 3. The van der Waals surface area contributed by atoms with Gasteiger partial charge in [0.25, 0.3) is 0 Å². The Kier molecular flexibility index (Phi) is 2.98. The number of ether oxygens (including phenoxy) is 1. The predicted molar refractivity (Wildman–Crippen MR) is 65.4 cm³/mol. The second-order valence-electron chi connectivity index (χ2n) is 3.93. The van der Waals surface area contributed by atoms with Gasteiger partial charge < -0.3 is 15.0 Å². The third kappa shape index (κ3) is 1.83. The molecule has 0 spiro atoms. The summed E-state index contributed by atoms with van der Waals surface area (Å²) in [5.41, 5.74) is 7.95. The van der Waals surface area contributed by atoms with E-state index in [1.54, 1.807) is 13.2 Å². The Morgan fingerprint density at radius 1 is 1.59 bits per heavy atom. The van der Waals surface area contributed by atoms with Gasteiger partial charge in [0.2, 0.25) is 5.95 Å². The molecule has 0 amide bonds. The Morgan fingerprint density at radius 3 is 3.00 bits per heavy atom. The third-order valence-electron chi connectivity index (χ3n) is 2.72. The number of imidazole rings is 1. The fourth-order valence-electron chi connectivity index (χ4n) is 2.00.